The van der Waals surface area contributed by atoms with Crippen LogP contribution >= 0.6 is 11.3 Å². The Labute approximate surface area is 161 Å². The number of rotatable bonds is 8. The molecule has 0 atom stereocenters. The van der Waals surface area contributed by atoms with Crippen LogP contribution in [0.25, 0.3) is 0 Å². The standard InChI is InChI=1S/C20H19FN2O3S/c1-23(9-10-25-19-8-3-2-7-18(19)21)20(24)15-5-4-6-17(11-15)26-12-16-13-27-14-22-16/h2-8,11,13-14H,9-10,12H2,1H3. The van der Waals surface area contributed by atoms with Gasteiger partial charge >= 0.3 is 0 Å². The van der Waals surface area contributed by atoms with E-state index in [0.29, 0.717) is 24.5 Å². The van der Waals surface area contributed by atoms with Crippen molar-refractivity contribution in [1.29, 1.82) is 0 Å². The number of para-hydroxylation sites is 1. The van der Waals surface area contributed by atoms with E-state index in [-0.39, 0.29) is 18.3 Å². The smallest absolute Gasteiger partial charge is 0.253 e. The van der Waals surface area contributed by atoms with Crippen LogP contribution in [0.2, 0.25) is 0 Å². The molecule has 7 heteroatoms. The molecule has 0 N–H and O–H groups in total. The van der Waals surface area contributed by atoms with Crippen LogP contribution in [-0.4, -0.2) is 36.0 Å². The Kier molecular flexibility index (Phi) is 6.38. The van der Waals surface area contributed by atoms with Crippen molar-refractivity contribution in [2.75, 3.05) is 20.2 Å². The van der Waals surface area contributed by atoms with Crippen molar-refractivity contribution in [2.45, 2.75) is 6.61 Å². The van der Waals surface area contributed by atoms with Crippen LogP contribution in [0.1, 0.15) is 16.1 Å². The highest BCUT2D eigenvalue weighted by Crippen LogP contribution is 2.17. The number of ether oxygens (including phenoxy) is 2. The topological polar surface area (TPSA) is 51.7 Å². The Bertz CT molecular complexity index is 886. The molecule has 0 saturated carbocycles. The van der Waals surface area contributed by atoms with Gasteiger partial charge in [-0.2, -0.15) is 0 Å². The van der Waals surface area contributed by atoms with Crippen molar-refractivity contribution in [1.82, 2.24) is 9.88 Å². The van der Waals surface area contributed by atoms with Gasteiger partial charge in [0, 0.05) is 18.0 Å². The van der Waals surface area contributed by atoms with Crippen molar-refractivity contribution < 1.29 is 18.7 Å². The summed E-state index contributed by atoms with van der Waals surface area (Å²) >= 11 is 1.51. The molecule has 0 aliphatic heterocycles. The molecule has 0 spiro atoms. The zero-order valence-electron chi connectivity index (χ0n) is 14.8. The summed E-state index contributed by atoms with van der Waals surface area (Å²) in [5, 5.41) is 1.92. The third-order valence-corrected chi connectivity index (χ3v) is 4.45. The van der Waals surface area contributed by atoms with Crippen LogP contribution in [-0.2, 0) is 6.61 Å². The molecular weight excluding hydrogens is 367 g/mol. The van der Waals surface area contributed by atoms with Crippen LogP contribution < -0.4 is 9.47 Å². The highest BCUT2D eigenvalue weighted by molar-refractivity contribution is 7.07. The first-order valence-corrected chi connectivity index (χ1v) is 9.30. The quantitative estimate of drug-likeness (QED) is 0.587. The van der Waals surface area contributed by atoms with Gasteiger partial charge in [-0.25, -0.2) is 9.37 Å². The second-order valence-electron chi connectivity index (χ2n) is 5.80. The highest BCUT2D eigenvalue weighted by Gasteiger charge is 2.13. The lowest BCUT2D eigenvalue weighted by atomic mass is 10.2. The lowest BCUT2D eigenvalue weighted by molar-refractivity contribution is 0.0772. The number of amides is 1. The van der Waals surface area contributed by atoms with Crippen LogP contribution in [0.4, 0.5) is 4.39 Å². The summed E-state index contributed by atoms with van der Waals surface area (Å²) in [7, 11) is 1.68. The molecule has 1 heterocycles. The first-order chi connectivity index (χ1) is 13.1. The van der Waals surface area contributed by atoms with Crippen molar-refractivity contribution in [2.24, 2.45) is 0 Å². The van der Waals surface area contributed by atoms with Crippen LogP contribution in [0.5, 0.6) is 11.5 Å². The third kappa shape index (κ3) is 5.27. The van der Waals surface area contributed by atoms with Crippen molar-refractivity contribution in [3.63, 3.8) is 0 Å². The summed E-state index contributed by atoms with van der Waals surface area (Å²) in [6, 6.07) is 13.2. The fourth-order valence-electron chi connectivity index (χ4n) is 2.36. The summed E-state index contributed by atoms with van der Waals surface area (Å²) in [4.78, 5) is 18.3. The summed E-state index contributed by atoms with van der Waals surface area (Å²) in [6.45, 7) is 0.883. The van der Waals surface area contributed by atoms with Crippen LogP contribution in [0.3, 0.4) is 0 Å². The average molecular weight is 386 g/mol. The SMILES string of the molecule is CN(CCOc1ccccc1F)C(=O)c1cccc(OCc2cscn2)c1. The van der Waals surface area contributed by atoms with E-state index in [1.54, 1.807) is 55.0 Å². The minimum absolute atomic E-state index is 0.161. The number of carbonyl (C=O) groups is 1. The van der Waals surface area contributed by atoms with Gasteiger partial charge < -0.3 is 14.4 Å². The molecule has 0 aliphatic rings. The summed E-state index contributed by atoms with van der Waals surface area (Å²) < 4.78 is 24.6. The van der Waals surface area contributed by atoms with Gasteiger partial charge in [-0.05, 0) is 30.3 Å². The molecule has 3 aromatic rings. The Morgan fingerprint density at radius 2 is 2.04 bits per heavy atom. The van der Waals surface area contributed by atoms with E-state index in [1.807, 2.05) is 5.38 Å². The molecule has 140 valence electrons. The first-order valence-electron chi connectivity index (χ1n) is 8.36. The van der Waals surface area contributed by atoms with Crippen LogP contribution in [0.15, 0.2) is 59.4 Å². The molecule has 0 fully saturated rings. The number of hydrogen-bond donors (Lipinski definition) is 0. The number of hydrogen-bond acceptors (Lipinski definition) is 5. The van der Waals surface area contributed by atoms with Gasteiger partial charge in [0.25, 0.3) is 5.91 Å². The van der Waals surface area contributed by atoms with E-state index in [2.05, 4.69) is 4.98 Å². The molecule has 3 rings (SSSR count). The normalized spacial score (nSPS) is 10.4. The second-order valence-corrected chi connectivity index (χ2v) is 6.52. The van der Waals surface area contributed by atoms with E-state index < -0.39 is 5.82 Å². The Morgan fingerprint density at radius 3 is 2.81 bits per heavy atom. The van der Waals surface area contributed by atoms with Gasteiger partial charge in [-0.1, -0.05) is 18.2 Å². The molecule has 1 amide bonds. The number of thiazole rings is 1. The molecule has 2 aromatic carbocycles. The van der Waals surface area contributed by atoms with Gasteiger partial charge in [0.1, 0.15) is 19.0 Å². The Hall–Kier alpha value is -2.93. The predicted molar refractivity (Wildman–Crippen MR) is 102 cm³/mol. The van der Waals surface area contributed by atoms with E-state index in [0.717, 1.165) is 5.69 Å². The lowest BCUT2D eigenvalue weighted by Gasteiger charge is -2.18. The summed E-state index contributed by atoms with van der Waals surface area (Å²) in [6.07, 6.45) is 0. The van der Waals surface area contributed by atoms with Gasteiger partial charge in [0.2, 0.25) is 0 Å². The summed E-state index contributed by atoms with van der Waals surface area (Å²) in [5.74, 6) is 0.198. The molecule has 0 unspecified atom stereocenters. The number of benzene rings is 2. The fourth-order valence-corrected chi connectivity index (χ4v) is 2.90. The number of halogens is 1. The maximum Gasteiger partial charge on any atom is 0.253 e. The second kappa shape index (κ2) is 9.14. The molecule has 27 heavy (non-hydrogen) atoms. The maximum absolute atomic E-state index is 13.5. The van der Waals surface area contributed by atoms with E-state index in [9.17, 15) is 9.18 Å². The van der Waals surface area contributed by atoms with Gasteiger partial charge in [0.15, 0.2) is 11.6 Å². The summed E-state index contributed by atoms with van der Waals surface area (Å²) in [5.41, 5.74) is 3.11. The number of nitrogens with zero attached hydrogens (tertiary/aromatic N) is 2. The third-order valence-electron chi connectivity index (χ3n) is 3.82. The average Bonchev–Trinajstić information content (AvgIpc) is 3.21. The molecule has 0 saturated heterocycles. The molecular formula is C20H19FN2O3S. The van der Waals surface area contributed by atoms with Crippen molar-refractivity contribution in [3.8, 4) is 11.5 Å². The Balaban J connectivity index is 1.53. The van der Waals surface area contributed by atoms with Crippen LogP contribution in [0, 0.1) is 5.82 Å². The minimum Gasteiger partial charge on any atom is -0.489 e. The van der Waals surface area contributed by atoms with Crippen molar-refractivity contribution in [3.05, 3.63) is 76.5 Å². The van der Waals surface area contributed by atoms with E-state index in [1.165, 1.54) is 22.3 Å². The van der Waals surface area contributed by atoms with Gasteiger partial charge in [0.05, 0.1) is 17.7 Å². The zero-order valence-corrected chi connectivity index (χ0v) is 15.6. The number of likely N-dealkylation sites (N-methyl/N-ethyl adjacent to an activating group) is 1. The molecule has 0 aliphatic carbocycles. The molecule has 0 radical (unpaired) electrons. The monoisotopic (exact) mass is 386 g/mol. The fraction of sp³-hybridized carbons (Fsp3) is 0.200. The maximum atomic E-state index is 13.5. The molecule has 5 nitrogen and oxygen atoms in total. The number of aromatic nitrogens is 1. The predicted octanol–water partition coefficient (Wildman–Crippen LogP) is 4.01. The Morgan fingerprint density at radius 1 is 1.19 bits per heavy atom. The molecule has 0 bridgehead atoms. The lowest BCUT2D eigenvalue weighted by Crippen LogP contribution is -2.30. The van der Waals surface area contributed by atoms with Gasteiger partial charge in [-0.15, -0.1) is 11.3 Å². The first kappa shape index (κ1) is 18.8. The van der Waals surface area contributed by atoms with Gasteiger partial charge in [-0.3, -0.25) is 4.79 Å². The largest absolute Gasteiger partial charge is 0.489 e. The molecule has 1 aromatic heterocycles. The minimum atomic E-state index is -0.420. The van der Waals surface area contributed by atoms with E-state index in [4.69, 9.17) is 9.47 Å². The van der Waals surface area contributed by atoms with Crippen molar-refractivity contribution >= 4 is 17.2 Å². The van der Waals surface area contributed by atoms with E-state index >= 15 is 0 Å². The number of carbonyl (C=O) groups excluding carboxylic acids is 1. The zero-order chi connectivity index (χ0) is 19.1. The highest BCUT2D eigenvalue weighted by atomic mass is 32.1.